The van der Waals surface area contributed by atoms with E-state index in [4.69, 9.17) is 0 Å². The van der Waals surface area contributed by atoms with Gasteiger partial charge in [-0.15, -0.1) is 0 Å². The summed E-state index contributed by atoms with van der Waals surface area (Å²) in [4.78, 5) is 2.56. The molecule has 2 heterocycles. The third-order valence-corrected chi connectivity index (χ3v) is 4.17. The predicted molar refractivity (Wildman–Crippen MR) is 70.9 cm³/mol. The van der Waals surface area contributed by atoms with Crippen LogP contribution in [0.3, 0.4) is 0 Å². The van der Waals surface area contributed by atoms with Crippen LogP contribution in [0.4, 0.5) is 0 Å². The summed E-state index contributed by atoms with van der Waals surface area (Å²) in [5.41, 5.74) is 1.43. The van der Waals surface area contributed by atoms with Crippen LogP contribution in [0, 0.1) is 0 Å². The topological polar surface area (TPSA) is 15.3 Å². The van der Waals surface area contributed by atoms with E-state index in [1.807, 2.05) is 0 Å². The Morgan fingerprint density at radius 1 is 1.44 bits per heavy atom. The fourth-order valence-electron chi connectivity index (χ4n) is 2.33. The van der Waals surface area contributed by atoms with E-state index in [0.29, 0.717) is 0 Å². The maximum absolute atomic E-state index is 3.69. The fourth-order valence-corrected chi connectivity index (χ4v) is 3.00. The summed E-state index contributed by atoms with van der Waals surface area (Å²) >= 11 is 1.79. The highest BCUT2D eigenvalue weighted by molar-refractivity contribution is 7.07. The van der Waals surface area contributed by atoms with Gasteiger partial charge in [0.15, 0.2) is 0 Å². The Kier molecular flexibility index (Phi) is 4.82. The summed E-state index contributed by atoms with van der Waals surface area (Å²) < 4.78 is 0. The van der Waals surface area contributed by atoms with Gasteiger partial charge in [0.25, 0.3) is 0 Å². The maximum atomic E-state index is 3.69. The average Bonchev–Trinajstić information content (AvgIpc) is 2.72. The fraction of sp³-hybridized carbons (Fsp3) is 0.692. The minimum absolute atomic E-state index is 0.719. The molecule has 1 aliphatic heterocycles. The van der Waals surface area contributed by atoms with Crippen LogP contribution in [-0.4, -0.2) is 30.6 Å². The Morgan fingerprint density at radius 3 is 3.12 bits per heavy atom. The van der Waals surface area contributed by atoms with Gasteiger partial charge < -0.3 is 10.2 Å². The lowest BCUT2D eigenvalue weighted by atomic mass is 10.1. The maximum Gasteiger partial charge on any atom is 0.0216 e. The van der Waals surface area contributed by atoms with Crippen LogP contribution in [0.25, 0.3) is 0 Å². The molecule has 1 aliphatic rings. The number of nitrogens with zero attached hydrogens (tertiary/aromatic N) is 1. The molecule has 0 radical (unpaired) electrons. The van der Waals surface area contributed by atoms with Gasteiger partial charge in [-0.25, -0.2) is 0 Å². The van der Waals surface area contributed by atoms with Crippen LogP contribution in [-0.2, 0) is 6.54 Å². The summed E-state index contributed by atoms with van der Waals surface area (Å²) in [7, 11) is 0. The monoisotopic (exact) mass is 238 g/mol. The molecule has 1 atom stereocenters. The first-order valence-electron chi connectivity index (χ1n) is 6.35. The molecular weight excluding hydrogens is 216 g/mol. The Morgan fingerprint density at radius 2 is 2.38 bits per heavy atom. The Hall–Kier alpha value is -0.380. The molecular formula is C13H22N2S. The van der Waals surface area contributed by atoms with Crippen LogP contribution in [0.5, 0.6) is 0 Å². The molecule has 0 aliphatic carbocycles. The molecule has 1 unspecified atom stereocenters. The summed E-state index contributed by atoms with van der Waals surface area (Å²) in [5, 5.41) is 8.08. The van der Waals surface area contributed by atoms with Crippen molar-refractivity contribution in [2.45, 2.75) is 38.8 Å². The zero-order chi connectivity index (χ0) is 11.2. The summed E-state index contributed by atoms with van der Waals surface area (Å²) in [6, 6.07) is 2.93. The standard InChI is InChI=1S/C13H22N2S/c1-2-15-7-3-4-13(5-8-15)14-10-12-6-9-16-11-12/h6,9,11,13-14H,2-5,7-8,10H2,1H3. The first-order valence-corrected chi connectivity index (χ1v) is 7.29. The SMILES string of the molecule is CCN1CCCC(NCc2ccsc2)CC1. The van der Waals surface area contributed by atoms with Crippen molar-refractivity contribution in [2.75, 3.05) is 19.6 Å². The van der Waals surface area contributed by atoms with Gasteiger partial charge in [-0.2, -0.15) is 11.3 Å². The molecule has 0 aromatic carbocycles. The van der Waals surface area contributed by atoms with Crippen molar-refractivity contribution in [3.8, 4) is 0 Å². The molecule has 2 rings (SSSR count). The molecule has 0 amide bonds. The van der Waals surface area contributed by atoms with Crippen LogP contribution < -0.4 is 5.32 Å². The lowest BCUT2D eigenvalue weighted by Gasteiger charge is -2.18. The van der Waals surface area contributed by atoms with Crippen LogP contribution >= 0.6 is 11.3 Å². The summed E-state index contributed by atoms with van der Waals surface area (Å²) in [6.07, 6.45) is 3.98. The molecule has 0 bridgehead atoms. The molecule has 2 nitrogen and oxygen atoms in total. The highest BCUT2D eigenvalue weighted by Crippen LogP contribution is 2.12. The van der Waals surface area contributed by atoms with Gasteiger partial charge in [-0.05, 0) is 61.3 Å². The van der Waals surface area contributed by atoms with E-state index in [-0.39, 0.29) is 0 Å². The van der Waals surface area contributed by atoms with Crippen molar-refractivity contribution in [1.82, 2.24) is 10.2 Å². The van der Waals surface area contributed by atoms with Gasteiger partial charge in [-0.3, -0.25) is 0 Å². The van der Waals surface area contributed by atoms with Gasteiger partial charge in [0.05, 0.1) is 0 Å². The van der Waals surface area contributed by atoms with Crippen molar-refractivity contribution >= 4 is 11.3 Å². The zero-order valence-electron chi connectivity index (χ0n) is 10.1. The molecule has 0 spiro atoms. The molecule has 16 heavy (non-hydrogen) atoms. The Labute approximate surface area is 103 Å². The summed E-state index contributed by atoms with van der Waals surface area (Å²) in [5.74, 6) is 0. The smallest absolute Gasteiger partial charge is 0.0216 e. The molecule has 1 saturated heterocycles. The van der Waals surface area contributed by atoms with Gasteiger partial charge >= 0.3 is 0 Å². The molecule has 1 N–H and O–H groups in total. The molecule has 1 aromatic rings. The minimum Gasteiger partial charge on any atom is -0.310 e. The van der Waals surface area contributed by atoms with E-state index in [1.165, 1.54) is 44.5 Å². The second-order valence-corrected chi connectivity index (χ2v) is 5.35. The normalized spacial score (nSPS) is 23.2. The average molecular weight is 238 g/mol. The van der Waals surface area contributed by atoms with Crippen molar-refractivity contribution in [2.24, 2.45) is 0 Å². The second-order valence-electron chi connectivity index (χ2n) is 4.57. The van der Waals surface area contributed by atoms with E-state index in [0.717, 1.165) is 12.6 Å². The number of hydrogen-bond donors (Lipinski definition) is 1. The van der Waals surface area contributed by atoms with Crippen LogP contribution in [0.2, 0.25) is 0 Å². The predicted octanol–water partition coefficient (Wildman–Crippen LogP) is 2.71. The largest absolute Gasteiger partial charge is 0.310 e. The van der Waals surface area contributed by atoms with Crippen molar-refractivity contribution < 1.29 is 0 Å². The van der Waals surface area contributed by atoms with Crippen molar-refractivity contribution in [1.29, 1.82) is 0 Å². The Bertz CT molecular complexity index is 284. The quantitative estimate of drug-likeness (QED) is 0.867. The van der Waals surface area contributed by atoms with Gasteiger partial charge in [-0.1, -0.05) is 6.92 Å². The third-order valence-electron chi connectivity index (χ3n) is 3.44. The van der Waals surface area contributed by atoms with Crippen LogP contribution in [0.1, 0.15) is 31.7 Å². The van der Waals surface area contributed by atoms with Gasteiger partial charge in [0.2, 0.25) is 0 Å². The van der Waals surface area contributed by atoms with E-state index in [1.54, 1.807) is 11.3 Å². The molecule has 90 valence electrons. The first kappa shape index (κ1) is 12.1. The lowest BCUT2D eigenvalue weighted by Crippen LogP contribution is -2.30. The molecule has 0 saturated carbocycles. The summed E-state index contributed by atoms with van der Waals surface area (Å²) in [6.45, 7) is 7.06. The molecule has 1 fully saturated rings. The van der Waals surface area contributed by atoms with Crippen molar-refractivity contribution in [3.05, 3.63) is 22.4 Å². The third kappa shape index (κ3) is 3.58. The van der Waals surface area contributed by atoms with Crippen LogP contribution in [0.15, 0.2) is 16.8 Å². The van der Waals surface area contributed by atoms with E-state index in [9.17, 15) is 0 Å². The number of thiophene rings is 1. The number of rotatable bonds is 4. The lowest BCUT2D eigenvalue weighted by molar-refractivity contribution is 0.297. The second kappa shape index (κ2) is 6.38. The number of likely N-dealkylation sites (tertiary alicyclic amines) is 1. The highest BCUT2D eigenvalue weighted by atomic mass is 32.1. The number of hydrogen-bond acceptors (Lipinski definition) is 3. The van der Waals surface area contributed by atoms with E-state index >= 15 is 0 Å². The first-order chi connectivity index (χ1) is 7.88. The highest BCUT2D eigenvalue weighted by Gasteiger charge is 2.15. The molecule has 3 heteroatoms. The number of nitrogens with one attached hydrogen (secondary N) is 1. The zero-order valence-corrected chi connectivity index (χ0v) is 10.9. The van der Waals surface area contributed by atoms with E-state index in [2.05, 4.69) is 34.0 Å². The van der Waals surface area contributed by atoms with E-state index < -0.39 is 0 Å². The van der Waals surface area contributed by atoms with Gasteiger partial charge in [0.1, 0.15) is 0 Å². The minimum atomic E-state index is 0.719. The van der Waals surface area contributed by atoms with Gasteiger partial charge in [0, 0.05) is 12.6 Å². The van der Waals surface area contributed by atoms with Crippen molar-refractivity contribution in [3.63, 3.8) is 0 Å². The Balaban J connectivity index is 1.73. The molecule has 1 aromatic heterocycles.